The van der Waals surface area contributed by atoms with Crippen LogP contribution in [-0.2, 0) is 19.6 Å². The Kier molecular flexibility index (Phi) is 7.86. The van der Waals surface area contributed by atoms with Crippen molar-refractivity contribution < 1.29 is 31.9 Å². The molecule has 174 valence electrons. The molecule has 0 bridgehead atoms. The van der Waals surface area contributed by atoms with Crippen molar-refractivity contribution in [3.8, 4) is 5.75 Å². The van der Waals surface area contributed by atoms with Gasteiger partial charge in [-0.3, -0.25) is 9.69 Å². The highest BCUT2D eigenvalue weighted by molar-refractivity contribution is 7.88. The van der Waals surface area contributed by atoms with Gasteiger partial charge < -0.3 is 13.9 Å². The van der Waals surface area contributed by atoms with Gasteiger partial charge in [0.2, 0.25) is 15.9 Å². The van der Waals surface area contributed by atoms with Crippen LogP contribution in [-0.4, -0.2) is 53.4 Å². The van der Waals surface area contributed by atoms with Gasteiger partial charge in [0.05, 0.1) is 25.5 Å². The number of carbonyl (C=O) groups is 2. The SMILES string of the molecule is COC(=O)c1ccc(OCCN(C(=O)C=CCNS(C)(=O)=O)c2cc3ccccc3o2)cc1. The molecule has 0 radical (unpaired) electrons. The van der Waals surface area contributed by atoms with E-state index >= 15 is 0 Å². The molecule has 0 spiro atoms. The van der Waals surface area contributed by atoms with E-state index in [1.165, 1.54) is 24.2 Å². The number of rotatable bonds is 10. The van der Waals surface area contributed by atoms with Crippen molar-refractivity contribution in [2.45, 2.75) is 0 Å². The van der Waals surface area contributed by atoms with Crippen LogP contribution in [0, 0.1) is 0 Å². The molecule has 0 unspecified atom stereocenters. The molecular formula is C23H24N2O7S. The lowest BCUT2D eigenvalue weighted by molar-refractivity contribution is -0.114. The number of furan rings is 1. The second-order valence-corrected chi connectivity index (χ2v) is 8.83. The van der Waals surface area contributed by atoms with Crippen LogP contribution in [0.15, 0.2) is 71.2 Å². The Balaban J connectivity index is 1.70. The topological polar surface area (TPSA) is 115 Å². The average molecular weight is 473 g/mol. The Hall–Kier alpha value is -3.63. The van der Waals surface area contributed by atoms with E-state index in [2.05, 4.69) is 9.46 Å². The molecule has 10 heteroatoms. The Morgan fingerprint density at radius 1 is 1.12 bits per heavy atom. The molecule has 0 saturated carbocycles. The average Bonchev–Trinajstić information content (AvgIpc) is 3.22. The molecular weight excluding hydrogens is 448 g/mol. The highest BCUT2D eigenvalue weighted by atomic mass is 32.2. The summed E-state index contributed by atoms with van der Waals surface area (Å²) in [7, 11) is -2.05. The summed E-state index contributed by atoms with van der Waals surface area (Å²) in [6.07, 6.45) is 3.74. The van der Waals surface area contributed by atoms with Crippen LogP contribution in [0.2, 0.25) is 0 Å². The monoisotopic (exact) mass is 472 g/mol. The van der Waals surface area contributed by atoms with Gasteiger partial charge in [0, 0.05) is 24.1 Å². The lowest BCUT2D eigenvalue weighted by atomic mass is 10.2. The van der Waals surface area contributed by atoms with Gasteiger partial charge >= 0.3 is 5.97 Å². The van der Waals surface area contributed by atoms with Gasteiger partial charge in [-0.1, -0.05) is 24.3 Å². The number of esters is 1. The lowest BCUT2D eigenvalue weighted by Gasteiger charge is -2.18. The smallest absolute Gasteiger partial charge is 0.337 e. The zero-order valence-electron chi connectivity index (χ0n) is 18.2. The molecule has 3 aromatic rings. The van der Waals surface area contributed by atoms with E-state index in [0.717, 1.165) is 11.6 Å². The quantitative estimate of drug-likeness (QED) is 0.356. The number of fused-ring (bicyclic) bond motifs is 1. The second kappa shape index (κ2) is 10.8. The number of amides is 1. The number of hydrogen-bond donors (Lipinski definition) is 1. The zero-order chi connectivity index (χ0) is 23.8. The minimum Gasteiger partial charge on any atom is -0.492 e. The number of anilines is 1. The Morgan fingerprint density at radius 3 is 2.52 bits per heavy atom. The first-order valence-corrected chi connectivity index (χ1v) is 11.9. The van der Waals surface area contributed by atoms with Gasteiger partial charge in [-0.05, 0) is 30.3 Å². The Labute approximate surface area is 191 Å². The lowest BCUT2D eigenvalue weighted by Crippen LogP contribution is -2.33. The standard InChI is InChI=1S/C23H24N2O7S/c1-30-23(27)17-9-11-19(12-10-17)31-15-14-25(21(26)8-5-13-24-33(2,28)29)22-16-18-6-3-4-7-20(18)32-22/h3-12,16,24H,13-15H2,1-2H3. The number of carbonyl (C=O) groups excluding carboxylic acids is 2. The number of nitrogens with zero attached hydrogens (tertiary/aromatic N) is 1. The van der Waals surface area contributed by atoms with Crippen LogP contribution < -0.4 is 14.4 Å². The van der Waals surface area contributed by atoms with E-state index in [1.54, 1.807) is 36.4 Å². The molecule has 33 heavy (non-hydrogen) atoms. The molecule has 3 rings (SSSR count). The van der Waals surface area contributed by atoms with Crippen molar-refractivity contribution >= 4 is 38.8 Å². The third-order valence-corrected chi connectivity index (χ3v) is 5.22. The second-order valence-electron chi connectivity index (χ2n) is 7.00. The van der Waals surface area contributed by atoms with Crippen LogP contribution in [0.3, 0.4) is 0 Å². The fraction of sp³-hybridized carbons (Fsp3) is 0.217. The first kappa shape index (κ1) is 24.0. The third kappa shape index (κ3) is 6.93. The largest absolute Gasteiger partial charge is 0.492 e. The van der Waals surface area contributed by atoms with E-state index in [4.69, 9.17) is 9.15 Å². The van der Waals surface area contributed by atoms with Crippen LogP contribution in [0.4, 0.5) is 5.88 Å². The number of para-hydroxylation sites is 1. The summed E-state index contributed by atoms with van der Waals surface area (Å²) in [5, 5.41) is 0.840. The fourth-order valence-corrected chi connectivity index (χ4v) is 3.34. The summed E-state index contributed by atoms with van der Waals surface area (Å²) in [4.78, 5) is 25.8. The van der Waals surface area contributed by atoms with Crippen molar-refractivity contribution in [1.29, 1.82) is 0 Å². The normalized spacial score (nSPS) is 11.6. The number of methoxy groups -OCH3 is 1. The van der Waals surface area contributed by atoms with E-state index in [0.29, 0.717) is 22.8 Å². The summed E-state index contributed by atoms with van der Waals surface area (Å²) in [6, 6.07) is 15.6. The summed E-state index contributed by atoms with van der Waals surface area (Å²) in [5.74, 6) is 0.0217. The van der Waals surface area contributed by atoms with Crippen molar-refractivity contribution in [1.82, 2.24) is 4.72 Å². The molecule has 1 heterocycles. The predicted octanol–water partition coefficient (Wildman–Crippen LogP) is 2.74. The van der Waals surface area contributed by atoms with Crippen LogP contribution in [0.25, 0.3) is 11.0 Å². The van der Waals surface area contributed by atoms with E-state index in [-0.39, 0.29) is 19.7 Å². The highest BCUT2D eigenvalue weighted by Crippen LogP contribution is 2.26. The first-order valence-electron chi connectivity index (χ1n) is 9.99. The van der Waals surface area contributed by atoms with Crippen LogP contribution >= 0.6 is 0 Å². The molecule has 0 aliphatic heterocycles. The summed E-state index contributed by atoms with van der Waals surface area (Å²) < 4.78 is 40.9. The third-order valence-electron chi connectivity index (χ3n) is 4.53. The minimum atomic E-state index is -3.36. The molecule has 1 N–H and O–H groups in total. The van der Waals surface area contributed by atoms with Gasteiger partial charge in [-0.2, -0.15) is 0 Å². The number of benzene rings is 2. The zero-order valence-corrected chi connectivity index (χ0v) is 19.0. The van der Waals surface area contributed by atoms with Gasteiger partial charge in [-0.25, -0.2) is 17.9 Å². The Morgan fingerprint density at radius 2 is 1.85 bits per heavy atom. The molecule has 1 aromatic heterocycles. The molecule has 0 aliphatic rings. The molecule has 0 fully saturated rings. The summed E-state index contributed by atoms with van der Waals surface area (Å²) in [5.41, 5.74) is 1.03. The van der Waals surface area contributed by atoms with Crippen molar-refractivity contribution in [2.24, 2.45) is 0 Å². The van der Waals surface area contributed by atoms with Crippen molar-refractivity contribution in [2.75, 3.05) is 38.0 Å². The maximum Gasteiger partial charge on any atom is 0.337 e. The Bertz CT molecular complexity index is 1210. The van der Waals surface area contributed by atoms with Crippen molar-refractivity contribution in [3.05, 3.63) is 72.3 Å². The minimum absolute atomic E-state index is 0.0123. The van der Waals surface area contributed by atoms with Crippen molar-refractivity contribution in [3.63, 3.8) is 0 Å². The van der Waals surface area contributed by atoms with E-state index < -0.39 is 21.9 Å². The van der Waals surface area contributed by atoms with E-state index in [1.807, 2.05) is 18.2 Å². The maximum absolute atomic E-state index is 12.8. The molecule has 0 saturated heterocycles. The number of ether oxygens (including phenoxy) is 2. The summed E-state index contributed by atoms with van der Waals surface area (Å²) >= 11 is 0. The molecule has 0 aliphatic carbocycles. The highest BCUT2D eigenvalue weighted by Gasteiger charge is 2.18. The predicted molar refractivity (Wildman–Crippen MR) is 124 cm³/mol. The summed E-state index contributed by atoms with van der Waals surface area (Å²) in [6.45, 7) is 0.304. The molecule has 0 atom stereocenters. The van der Waals surface area contributed by atoms with E-state index in [9.17, 15) is 18.0 Å². The maximum atomic E-state index is 12.8. The van der Waals surface area contributed by atoms with Gasteiger partial charge in [0.1, 0.15) is 17.9 Å². The van der Waals surface area contributed by atoms with Gasteiger partial charge in [0.25, 0.3) is 5.91 Å². The molecule has 9 nitrogen and oxygen atoms in total. The van der Waals surface area contributed by atoms with Crippen LogP contribution in [0.1, 0.15) is 10.4 Å². The molecule has 2 aromatic carbocycles. The van der Waals surface area contributed by atoms with Crippen LogP contribution in [0.5, 0.6) is 5.75 Å². The number of sulfonamides is 1. The number of nitrogens with one attached hydrogen (secondary N) is 1. The fourth-order valence-electron chi connectivity index (χ4n) is 2.94. The first-order chi connectivity index (χ1) is 15.8. The number of hydrogen-bond acceptors (Lipinski definition) is 7. The van der Waals surface area contributed by atoms with Gasteiger partial charge in [-0.15, -0.1) is 0 Å². The van der Waals surface area contributed by atoms with Gasteiger partial charge in [0.15, 0.2) is 0 Å². The molecule has 1 amide bonds.